The molecule has 0 atom stereocenters. The second kappa shape index (κ2) is 7.87. The molecule has 1 N–H and O–H groups in total. The van der Waals surface area contributed by atoms with Gasteiger partial charge in [0.1, 0.15) is 5.69 Å². The monoisotopic (exact) mass is 349 g/mol. The molecule has 0 aliphatic heterocycles. The molecule has 26 heavy (non-hydrogen) atoms. The largest absolute Gasteiger partial charge is 0.320 e. The molecule has 1 aromatic heterocycles. The molecular weight excluding hydrogens is 326 g/mol. The standard InChI is InChI=1S/C21H23N3O2/c1-16-20(21(26)24(23(16)2)18-13-7-4-8-14-18)22-19(25)15-9-12-17-10-5-3-6-11-17/h3-8,10-11,13-14H,9,12,15H2,1-2H3,(H,22,25). The maximum atomic E-state index is 12.8. The van der Waals surface area contributed by atoms with Crippen LogP contribution in [0.2, 0.25) is 0 Å². The first-order chi connectivity index (χ1) is 12.6. The van der Waals surface area contributed by atoms with Gasteiger partial charge in [0.05, 0.1) is 11.4 Å². The number of carbonyl (C=O) groups excluding carboxylic acids is 1. The van der Waals surface area contributed by atoms with Gasteiger partial charge in [0, 0.05) is 13.5 Å². The van der Waals surface area contributed by atoms with Crippen molar-refractivity contribution in [1.29, 1.82) is 0 Å². The number of para-hydroxylation sites is 1. The first kappa shape index (κ1) is 17.7. The molecule has 0 bridgehead atoms. The van der Waals surface area contributed by atoms with Crippen molar-refractivity contribution < 1.29 is 4.79 Å². The van der Waals surface area contributed by atoms with E-state index >= 15 is 0 Å². The second-order valence-corrected chi connectivity index (χ2v) is 6.32. The Morgan fingerprint density at radius 2 is 1.62 bits per heavy atom. The topological polar surface area (TPSA) is 56.0 Å². The van der Waals surface area contributed by atoms with Crippen molar-refractivity contribution in [1.82, 2.24) is 9.36 Å². The summed E-state index contributed by atoms with van der Waals surface area (Å²) in [6.45, 7) is 1.83. The number of benzene rings is 2. The van der Waals surface area contributed by atoms with E-state index in [1.54, 1.807) is 9.36 Å². The zero-order chi connectivity index (χ0) is 18.5. The van der Waals surface area contributed by atoms with Gasteiger partial charge in [-0.05, 0) is 37.5 Å². The molecule has 0 fully saturated rings. The predicted molar refractivity (Wildman–Crippen MR) is 104 cm³/mol. The van der Waals surface area contributed by atoms with Crippen LogP contribution in [-0.4, -0.2) is 15.3 Å². The fourth-order valence-electron chi connectivity index (χ4n) is 3.01. The molecule has 3 aromatic rings. The summed E-state index contributed by atoms with van der Waals surface area (Å²) in [6.07, 6.45) is 1.97. The van der Waals surface area contributed by atoms with Crippen molar-refractivity contribution in [2.75, 3.05) is 5.32 Å². The zero-order valence-corrected chi connectivity index (χ0v) is 15.1. The van der Waals surface area contributed by atoms with Crippen LogP contribution in [0.5, 0.6) is 0 Å². The second-order valence-electron chi connectivity index (χ2n) is 6.32. The molecule has 2 aromatic carbocycles. The molecule has 0 aliphatic rings. The summed E-state index contributed by atoms with van der Waals surface area (Å²) in [4.78, 5) is 25.1. The highest BCUT2D eigenvalue weighted by molar-refractivity contribution is 5.91. The third-order valence-corrected chi connectivity index (χ3v) is 4.53. The van der Waals surface area contributed by atoms with Gasteiger partial charge in [-0.2, -0.15) is 0 Å². The van der Waals surface area contributed by atoms with E-state index in [-0.39, 0.29) is 11.5 Å². The van der Waals surface area contributed by atoms with E-state index in [0.717, 1.165) is 24.2 Å². The highest BCUT2D eigenvalue weighted by Gasteiger charge is 2.17. The summed E-state index contributed by atoms with van der Waals surface area (Å²) in [7, 11) is 1.81. The Kier molecular flexibility index (Phi) is 5.37. The van der Waals surface area contributed by atoms with Gasteiger partial charge < -0.3 is 5.32 Å². The van der Waals surface area contributed by atoms with Crippen LogP contribution in [0, 0.1) is 6.92 Å². The Morgan fingerprint density at radius 3 is 2.27 bits per heavy atom. The normalized spacial score (nSPS) is 10.7. The Morgan fingerprint density at radius 1 is 1.00 bits per heavy atom. The first-order valence-corrected chi connectivity index (χ1v) is 8.75. The third-order valence-electron chi connectivity index (χ3n) is 4.53. The van der Waals surface area contributed by atoms with E-state index in [1.165, 1.54) is 5.56 Å². The number of anilines is 1. The number of rotatable bonds is 6. The summed E-state index contributed by atoms with van der Waals surface area (Å²) >= 11 is 0. The maximum absolute atomic E-state index is 12.8. The van der Waals surface area contributed by atoms with Gasteiger partial charge in [-0.15, -0.1) is 0 Å². The Labute approximate surface area is 152 Å². The summed E-state index contributed by atoms with van der Waals surface area (Å²) < 4.78 is 3.33. The lowest BCUT2D eigenvalue weighted by Crippen LogP contribution is -2.22. The molecule has 1 amide bonds. The van der Waals surface area contributed by atoms with Crippen LogP contribution >= 0.6 is 0 Å². The van der Waals surface area contributed by atoms with Gasteiger partial charge in [-0.25, -0.2) is 4.68 Å². The maximum Gasteiger partial charge on any atom is 0.295 e. The lowest BCUT2D eigenvalue weighted by molar-refractivity contribution is -0.116. The number of hydrogen-bond acceptors (Lipinski definition) is 2. The SMILES string of the molecule is Cc1c(NC(=O)CCCc2ccccc2)c(=O)n(-c2ccccc2)n1C. The summed E-state index contributed by atoms with van der Waals surface area (Å²) in [6, 6.07) is 19.5. The van der Waals surface area contributed by atoms with Crippen LogP contribution in [-0.2, 0) is 18.3 Å². The minimum atomic E-state index is -0.215. The quantitative estimate of drug-likeness (QED) is 0.741. The average Bonchev–Trinajstić information content (AvgIpc) is 2.87. The smallest absolute Gasteiger partial charge is 0.295 e. The van der Waals surface area contributed by atoms with Crippen LogP contribution in [0.4, 0.5) is 5.69 Å². The van der Waals surface area contributed by atoms with Crippen LogP contribution in [0.3, 0.4) is 0 Å². The molecule has 5 heteroatoms. The molecule has 3 rings (SSSR count). The number of nitrogens with zero attached hydrogens (tertiary/aromatic N) is 2. The van der Waals surface area contributed by atoms with E-state index in [1.807, 2.05) is 62.5 Å². The number of hydrogen-bond donors (Lipinski definition) is 1. The van der Waals surface area contributed by atoms with Gasteiger partial charge in [0.2, 0.25) is 5.91 Å². The third kappa shape index (κ3) is 3.77. The van der Waals surface area contributed by atoms with Gasteiger partial charge in [0.25, 0.3) is 5.56 Å². The van der Waals surface area contributed by atoms with Crippen molar-refractivity contribution in [2.24, 2.45) is 7.05 Å². The van der Waals surface area contributed by atoms with Gasteiger partial charge in [0.15, 0.2) is 0 Å². The van der Waals surface area contributed by atoms with Gasteiger partial charge >= 0.3 is 0 Å². The van der Waals surface area contributed by atoms with Crippen molar-refractivity contribution >= 4 is 11.6 Å². The highest BCUT2D eigenvalue weighted by Crippen LogP contribution is 2.14. The van der Waals surface area contributed by atoms with E-state index < -0.39 is 0 Å². The Bertz CT molecular complexity index is 941. The summed E-state index contributed by atoms with van der Waals surface area (Å²) in [5.74, 6) is -0.132. The van der Waals surface area contributed by atoms with Crippen molar-refractivity contribution in [3.05, 3.63) is 82.3 Å². The fourth-order valence-corrected chi connectivity index (χ4v) is 3.01. The lowest BCUT2D eigenvalue weighted by Gasteiger charge is -2.07. The molecule has 0 radical (unpaired) electrons. The predicted octanol–water partition coefficient (Wildman–Crippen LogP) is 3.45. The van der Waals surface area contributed by atoms with Crippen LogP contribution < -0.4 is 10.9 Å². The van der Waals surface area contributed by atoms with Crippen LogP contribution in [0.25, 0.3) is 5.69 Å². The van der Waals surface area contributed by atoms with Crippen LogP contribution in [0.1, 0.15) is 24.1 Å². The lowest BCUT2D eigenvalue weighted by atomic mass is 10.1. The summed E-state index contributed by atoms with van der Waals surface area (Å²) in [5, 5.41) is 2.80. The summed E-state index contributed by atoms with van der Waals surface area (Å²) in [5.41, 5.74) is 2.85. The van der Waals surface area contributed by atoms with E-state index in [4.69, 9.17) is 0 Å². The molecule has 0 saturated carbocycles. The first-order valence-electron chi connectivity index (χ1n) is 8.75. The minimum absolute atomic E-state index is 0.132. The zero-order valence-electron chi connectivity index (χ0n) is 15.1. The van der Waals surface area contributed by atoms with Crippen molar-refractivity contribution in [3.63, 3.8) is 0 Å². The van der Waals surface area contributed by atoms with Crippen molar-refractivity contribution in [3.8, 4) is 5.69 Å². The van der Waals surface area contributed by atoms with Crippen molar-refractivity contribution in [2.45, 2.75) is 26.2 Å². The molecule has 134 valence electrons. The van der Waals surface area contributed by atoms with E-state index in [9.17, 15) is 9.59 Å². The minimum Gasteiger partial charge on any atom is -0.320 e. The molecule has 0 unspecified atom stereocenters. The molecule has 0 spiro atoms. The fraction of sp³-hybridized carbons (Fsp3) is 0.238. The Hall–Kier alpha value is -3.08. The number of nitrogens with one attached hydrogen (secondary N) is 1. The molecule has 1 heterocycles. The molecule has 5 nitrogen and oxygen atoms in total. The van der Waals surface area contributed by atoms with E-state index in [2.05, 4.69) is 17.4 Å². The molecule has 0 aliphatic carbocycles. The molecular formula is C21H23N3O2. The number of aryl methyl sites for hydroxylation is 1. The molecule has 0 saturated heterocycles. The number of aromatic nitrogens is 2. The highest BCUT2D eigenvalue weighted by atomic mass is 16.2. The Balaban J connectivity index is 1.70. The van der Waals surface area contributed by atoms with Crippen LogP contribution in [0.15, 0.2) is 65.5 Å². The van der Waals surface area contributed by atoms with Gasteiger partial charge in [-0.1, -0.05) is 48.5 Å². The number of amides is 1. The number of carbonyl (C=O) groups is 1. The van der Waals surface area contributed by atoms with Gasteiger partial charge in [-0.3, -0.25) is 14.3 Å². The van der Waals surface area contributed by atoms with E-state index in [0.29, 0.717) is 12.1 Å². The average molecular weight is 349 g/mol.